The van der Waals surface area contributed by atoms with Crippen LogP contribution in [0.25, 0.3) is 11.4 Å². The van der Waals surface area contributed by atoms with E-state index >= 15 is 0 Å². The molecule has 26 heavy (non-hydrogen) atoms. The molecule has 0 saturated heterocycles. The normalized spacial score (nSPS) is 16.5. The average molecular weight is 366 g/mol. The summed E-state index contributed by atoms with van der Waals surface area (Å²) in [5, 5.41) is 10.6. The fourth-order valence-corrected chi connectivity index (χ4v) is 3.81. The van der Waals surface area contributed by atoms with Crippen LogP contribution in [0.2, 0.25) is 0 Å². The van der Waals surface area contributed by atoms with Gasteiger partial charge in [0, 0.05) is 11.3 Å². The maximum atomic E-state index is 12.5. The first kappa shape index (κ1) is 16.7. The molecule has 1 aromatic heterocycles. The minimum Gasteiger partial charge on any atom is -0.497 e. The number of methoxy groups -OCH3 is 1. The summed E-state index contributed by atoms with van der Waals surface area (Å²) in [7, 11) is 1.63. The van der Waals surface area contributed by atoms with Crippen molar-refractivity contribution < 1.29 is 9.53 Å². The van der Waals surface area contributed by atoms with Gasteiger partial charge in [0.1, 0.15) is 5.75 Å². The lowest BCUT2D eigenvalue weighted by molar-refractivity contribution is -0.115. The number of nitrogens with zero attached hydrogens (tertiary/aromatic N) is 2. The maximum absolute atomic E-state index is 12.5. The molecule has 0 saturated carbocycles. The molecule has 2 aromatic carbocycles. The molecule has 132 valence electrons. The monoisotopic (exact) mass is 366 g/mol. The number of aromatic nitrogens is 3. The van der Waals surface area contributed by atoms with E-state index in [1.807, 2.05) is 42.5 Å². The summed E-state index contributed by atoms with van der Waals surface area (Å²) in [5.74, 6) is 1.46. The van der Waals surface area contributed by atoms with Crippen LogP contribution in [0.4, 0.5) is 5.69 Å². The van der Waals surface area contributed by atoms with Crippen LogP contribution in [0, 0.1) is 0 Å². The number of thioether (sulfide) groups is 1. The summed E-state index contributed by atoms with van der Waals surface area (Å²) in [4.78, 5) is 17.0. The highest BCUT2D eigenvalue weighted by Gasteiger charge is 2.26. The van der Waals surface area contributed by atoms with Crippen LogP contribution < -0.4 is 10.1 Å². The van der Waals surface area contributed by atoms with Gasteiger partial charge in [-0.05, 0) is 48.7 Å². The zero-order valence-electron chi connectivity index (χ0n) is 14.2. The van der Waals surface area contributed by atoms with Gasteiger partial charge in [-0.2, -0.15) is 0 Å². The van der Waals surface area contributed by atoms with E-state index in [9.17, 15) is 4.79 Å². The molecule has 1 aliphatic rings. The molecule has 0 radical (unpaired) electrons. The zero-order valence-corrected chi connectivity index (χ0v) is 15.0. The lowest BCUT2D eigenvalue weighted by Gasteiger charge is -2.10. The number of para-hydroxylation sites is 1. The first-order valence-corrected chi connectivity index (χ1v) is 9.23. The van der Waals surface area contributed by atoms with Crippen molar-refractivity contribution in [2.75, 3.05) is 12.4 Å². The van der Waals surface area contributed by atoms with E-state index in [1.54, 1.807) is 7.11 Å². The SMILES string of the molecule is COc1ccc(-c2nc(S[C@H]3CCc4ccccc4NC3=O)n[nH]2)cc1. The van der Waals surface area contributed by atoms with Crippen molar-refractivity contribution in [1.82, 2.24) is 15.2 Å². The Labute approximate surface area is 155 Å². The third-order valence-electron chi connectivity index (χ3n) is 4.32. The number of hydrogen-bond acceptors (Lipinski definition) is 5. The molecule has 0 fully saturated rings. The first-order valence-electron chi connectivity index (χ1n) is 8.35. The molecule has 2 N–H and O–H groups in total. The third kappa shape index (κ3) is 3.43. The number of rotatable bonds is 4. The van der Waals surface area contributed by atoms with E-state index in [-0.39, 0.29) is 11.2 Å². The van der Waals surface area contributed by atoms with Crippen LogP contribution in [-0.4, -0.2) is 33.4 Å². The molecule has 1 atom stereocenters. The second-order valence-corrected chi connectivity index (χ2v) is 7.16. The molecular formula is C19H18N4O2S. The summed E-state index contributed by atoms with van der Waals surface area (Å²) < 4.78 is 5.17. The third-order valence-corrected chi connectivity index (χ3v) is 5.45. The number of carbonyl (C=O) groups is 1. The molecule has 2 heterocycles. The first-order chi connectivity index (χ1) is 12.7. The Morgan fingerprint density at radius 1 is 1.15 bits per heavy atom. The number of benzene rings is 2. The number of amides is 1. The van der Waals surface area contributed by atoms with E-state index in [0.29, 0.717) is 11.0 Å². The molecule has 0 bridgehead atoms. The molecule has 0 spiro atoms. The second kappa shape index (κ2) is 7.21. The fraction of sp³-hybridized carbons (Fsp3) is 0.211. The molecule has 3 aromatic rings. The van der Waals surface area contributed by atoms with Crippen LogP contribution in [0.3, 0.4) is 0 Å². The highest BCUT2D eigenvalue weighted by Crippen LogP contribution is 2.30. The number of carbonyl (C=O) groups excluding carboxylic acids is 1. The number of ether oxygens (including phenoxy) is 1. The Kier molecular flexibility index (Phi) is 4.62. The van der Waals surface area contributed by atoms with E-state index in [2.05, 4.69) is 26.6 Å². The van der Waals surface area contributed by atoms with Gasteiger partial charge in [0.05, 0.1) is 12.4 Å². The van der Waals surface area contributed by atoms with Crippen LogP contribution in [0.1, 0.15) is 12.0 Å². The minimum atomic E-state index is -0.220. The molecule has 0 aliphatic carbocycles. The Morgan fingerprint density at radius 2 is 1.96 bits per heavy atom. The van der Waals surface area contributed by atoms with E-state index in [4.69, 9.17) is 4.74 Å². The Morgan fingerprint density at radius 3 is 2.77 bits per heavy atom. The molecule has 1 aliphatic heterocycles. The van der Waals surface area contributed by atoms with E-state index < -0.39 is 0 Å². The van der Waals surface area contributed by atoms with Crippen LogP contribution >= 0.6 is 11.8 Å². The quantitative estimate of drug-likeness (QED) is 0.738. The zero-order chi connectivity index (χ0) is 17.9. The van der Waals surface area contributed by atoms with E-state index in [1.165, 1.54) is 11.8 Å². The topological polar surface area (TPSA) is 79.9 Å². The van der Waals surface area contributed by atoms with Gasteiger partial charge in [-0.1, -0.05) is 30.0 Å². The predicted octanol–water partition coefficient (Wildman–Crippen LogP) is 3.53. The lowest BCUT2D eigenvalue weighted by atomic mass is 10.1. The van der Waals surface area contributed by atoms with Crippen molar-refractivity contribution in [1.29, 1.82) is 0 Å². The Balaban J connectivity index is 1.48. The molecular weight excluding hydrogens is 348 g/mol. The van der Waals surface area contributed by atoms with Gasteiger partial charge in [-0.25, -0.2) is 4.98 Å². The molecule has 4 rings (SSSR count). The van der Waals surface area contributed by atoms with Crippen molar-refractivity contribution in [3.05, 3.63) is 54.1 Å². The highest BCUT2D eigenvalue weighted by atomic mass is 32.2. The number of anilines is 1. The summed E-state index contributed by atoms with van der Waals surface area (Å²) >= 11 is 1.39. The van der Waals surface area contributed by atoms with Gasteiger partial charge in [-0.15, -0.1) is 5.10 Å². The van der Waals surface area contributed by atoms with Gasteiger partial charge in [0.25, 0.3) is 0 Å². The molecule has 6 nitrogen and oxygen atoms in total. The summed E-state index contributed by atoms with van der Waals surface area (Å²) in [6.45, 7) is 0. The van der Waals surface area contributed by atoms with Crippen molar-refractivity contribution in [3.8, 4) is 17.1 Å². The van der Waals surface area contributed by atoms with Gasteiger partial charge in [0.2, 0.25) is 11.1 Å². The second-order valence-electron chi connectivity index (χ2n) is 5.99. The number of H-pyrrole nitrogens is 1. The van der Waals surface area contributed by atoms with Crippen molar-refractivity contribution in [3.63, 3.8) is 0 Å². The highest BCUT2D eigenvalue weighted by molar-refractivity contribution is 8.00. The van der Waals surface area contributed by atoms with Crippen molar-refractivity contribution >= 4 is 23.4 Å². The van der Waals surface area contributed by atoms with Gasteiger partial charge < -0.3 is 10.1 Å². The fourth-order valence-electron chi connectivity index (χ4n) is 2.91. The predicted molar refractivity (Wildman–Crippen MR) is 101 cm³/mol. The maximum Gasteiger partial charge on any atom is 0.237 e. The van der Waals surface area contributed by atoms with Crippen molar-refractivity contribution in [2.45, 2.75) is 23.2 Å². The number of aromatic amines is 1. The van der Waals surface area contributed by atoms with Gasteiger partial charge in [-0.3, -0.25) is 9.89 Å². The number of fused-ring (bicyclic) bond motifs is 1. The molecule has 7 heteroatoms. The number of nitrogens with one attached hydrogen (secondary N) is 2. The standard InChI is InChI=1S/C19H18N4O2S/c1-25-14-9-6-13(7-10-14)17-21-19(23-22-17)26-16-11-8-12-4-2-3-5-15(12)20-18(16)24/h2-7,9-10,16H,8,11H2,1H3,(H,20,24)(H,21,22,23)/t16-/m0/s1. The minimum absolute atomic E-state index is 0.00394. The number of hydrogen-bond donors (Lipinski definition) is 2. The average Bonchev–Trinajstić information content (AvgIpc) is 3.08. The van der Waals surface area contributed by atoms with Gasteiger partial charge in [0.15, 0.2) is 5.82 Å². The summed E-state index contributed by atoms with van der Waals surface area (Å²) in [5.41, 5.74) is 2.98. The van der Waals surface area contributed by atoms with E-state index in [0.717, 1.165) is 35.4 Å². The largest absolute Gasteiger partial charge is 0.497 e. The van der Waals surface area contributed by atoms with Crippen molar-refractivity contribution in [2.24, 2.45) is 0 Å². The summed E-state index contributed by atoms with van der Waals surface area (Å²) in [6.07, 6.45) is 1.60. The van der Waals surface area contributed by atoms with Crippen LogP contribution in [-0.2, 0) is 11.2 Å². The lowest BCUT2D eigenvalue weighted by Crippen LogP contribution is -2.23. The Hall–Kier alpha value is -2.80. The van der Waals surface area contributed by atoms with Gasteiger partial charge >= 0.3 is 0 Å². The molecule has 1 amide bonds. The number of aryl methyl sites for hydroxylation is 1. The molecule has 0 unspecified atom stereocenters. The van der Waals surface area contributed by atoms with Crippen LogP contribution in [0.15, 0.2) is 53.7 Å². The van der Waals surface area contributed by atoms with Crippen LogP contribution in [0.5, 0.6) is 5.75 Å². The summed E-state index contributed by atoms with van der Waals surface area (Å²) in [6, 6.07) is 15.5. The Bertz CT molecular complexity index is 923. The smallest absolute Gasteiger partial charge is 0.237 e.